The Bertz CT molecular complexity index is 1040. The van der Waals surface area contributed by atoms with Crippen LogP contribution in [0, 0.1) is 6.92 Å². The molecule has 0 spiro atoms. The SMILES string of the molecule is Cc1nccc(CN2CCN(c3ccc4c(=O)n(C(C)C)cnc4c3)CC2)n1. The van der Waals surface area contributed by atoms with Gasteiger partial charge in [-0.25, -0.2) is 15.0 Å². The molecule has 0 amide bonds. The van der Waals surface area contributed by atoms with Crippen molar-refractivity contribution in [3.05, 3.63) is 58.7 Å². The molecule has 0 bridgehead atoms. The minimum absolute atomic E-state index is 0.0245. The molecule has 3 heterocycles. The minimum Gasteiger partial charge on any atom is -0.369 e. The topological polar surface area (TPSA) is 67.2 Å². The molecule has 2 aromatic heterocycles. The largest absolute Gasteiger partial charge is 0.369 e. The van der Waals surface area contributed by atoms with Gasteiger partial charge < -0.3 is 4.90 Å². The summed E-state index contributed by atoms with van der Waals surface area (Å²) in [6.45, 7) is 10.6. The average Bonchev–Trinajstić information content (AvgIpc) is 2.68. The quantitative estimate of drug-likeness (QED) is 0.695. The lowest BCUT2D eigenvalue weighted by Gasteiger charge is -2.36. The fourth-order valence-electron chi connectivity index (χ4n) is 3.67. The summed E-state index contributed by atoms with van der Waals surface area (Å²) >= 11 is 0. The molecule has 1 fully saturated rings. The van der Waals surface area contributed by atoms with Crippen LogP contribution >= 0.6 is 0 Å². The fraction of sp³-hybridized carbons (Fsp3) is 0.429. The zero-order valence-corrected chi connectivity index (χ0v) is 16.7. The maximum absolute atomic E-state index is 12.6. The number of nitrogens with zero attached hydrogens (tertiary/aromatic N) is 6. The molecule has 28 heavy (non-hydrogen) atoms. The van der Waals surface area contributed by atoms with Gasteiger partial charge in [0.05, 0.1) is 22.9 Å². The second-order valence-corrected chi connectivity index (χ2v) is 7.61. The number of hydrogen-bond acceptors (Lipinski definition) is 6. The molecule has 0 aliphatic carbocycles. The molecule has 4 rings (SSSR count). The predicted molar refractivity (Wildman–Crippen MR) is 111 cm³/mol. The van der Waals surface area contributed by atoms with Crippen LogP contribution in [0.15, 0.2) is 41.6 Å². The first-order valence-corrected chi connectivity index (χ1v) is 9.78. The molecule has 7 nitrogen and oxygen atoms in total. The van der Waals surface area contributed by atoms with E-state index < -0.39 is 0 Å². The Balaban J connectivity index is 1.46. The third-order valence-electron chi connectivity index (χ3n) is 5.28. The van der Waals surface area contributed by atoms with Gasteiger partial charge in [0.2, 0.25) is 0 Å². The van der Waals surface area contributed by atoms with Crippen molar-refractivity contribution < 1.29 is 0 Å². The van der Waals surface area contributed by atoms with Crippen molar-refractivity contribution in [1.29, 1.82) is 0 Å². The minimum atomic E-state index is 0.0245. The van der Waals surface area contributed by atoms with Crippen LogP contribution in [0.4, 0.5) is 5.69 Å². The second-order valence-electron chi connectivity index (χ2n) is 7.61. The van der Waals surface area contributed by atoms with E-state index in [1.165, 1.54) is 0 Å². The second kappa shape index (κ2) is 7.67. The Morgan fingerprint density at radius 1 is 1.07 bits per heavy atom. The fourth-order valence-corrected chi connectivity index (χ4v) is 3.67. The Morgan fingerprint density at radius 3 is 2.57 bits per heavy atom. The summed E-state index contributed by atoms with van der Waals surface area (Å²) < 4.78 is 1.68. The molecule has 0 unspecified atom stereocenters. The van der Waals surface area contributed by atoms with E-state index in [0.29, 0.717) is 5.39 Å². The number of piperazine rings is 1. The zero-order valence-electron chi connectivity index (χ0n) is 16.7. The molecule has 0 atom stereocenters. The summed E-state index contributed by atoms with van der Waals surface area (Å²) in [6.07, 6.45) is 3.48. The highest BCUT2D eigenvalue weighted by atomic mass is 16.1. The smallest absolute Gasteiger partial charge is 0.261 e. The molecule has 0 N–H and O–H groups in total. The van der Waals surface area contributed by atoms with E-state index in [1.54, 1.807) is 10.9 Å². The van der Waals surface area contributed by atoms with Crippen LogP contribution < -0.4 is 10.5 Å². The Hall–Kier alpha value is -2.80. The van der Waals surface area contributed by atoms with Gasteiger partial charge in [-0.3, -0.25) is 14.3 Å². The summed E-state index contributed by atoms with van der Waals surface area (Å²) in [7, 11) is 0. The van der Waals surface area contributed by atoms with Crippen molar-refractivity contribution in [3.63, 3.8) is 0 Å². The number of hydrogen-bond donors (Lipinski definition) is 0. The van der Waals surface area contributed by atoms with Gasteiger partial charge in [-0.05, 0) is 45.0 Å². The van der Waals surface area contributed by atoms with Gasteiger partial charge in [0.15, 0.2) is 0 Å². The van der Waals surface area contributed by atoms with E-state index in [-0.39, 0.29) is 11.6 Å². The number of fused-ring (bicyclic) bond motifs is 1. The van der Waals surface area contributed by atoms with Crippen LogP contribution in [0.3, 0.4) is 0 Å². The molecule has 3 aromatic rings. The van der Waals surface area contributed by atoms with Gasteiger partial charge in [0.1, 0.15) is 5.82 Å². The molecule has 1 saturated heterocycles. The maximum Gasteiger partial charge on any atom is 0.261 e. The lowest BCUT2D eigenvalue weighted by Crippen LogP contribution is -2.46. The molecule has 0 saturated carbocycles. The van der Waals surface area contributed by atoms with Gasteiger partial charge in [0.25, 0.3) is 5.56 Å². The molecule has 146 valence electrons. The predicted octanol–water partition coefficient (Wildman–Crippen LogP) is 2.40. The monoisotopic (exact) mass is 378 g/mol. The van der Waals surface area contributed by atoms with Crippen molar-refractivity contribution in [3.8, 4) is 0 Å². The van der Waals surface area contributed by atoms with Crippen molar-refractivity contribution in [2.45, 2.75) is 33.4 Å². The van der Waals surface area contributed by atoms with Gasteiger partial charge in [0, 0.05) is 50.6 Å². The van der Waals surface area contributed by atoms with Crippen LogP contribution in [-0.2, 0) is 6.54 Å². The van der Waals surface area contributed by atoms with Crippen molar-refractivity contribution in [2.75, 3.05) is 31.1 Å². The highest BCUT2D eigenvalue weighted by molar-refractivity contribution is 5.81. The van der Waals surface area contributed by atoms with Gasteiger partial charge >= 0.3 is 0 Å². The molecule has 1 aromatic carbocycles. The third-order valence-corrected chi connectivity index (χ3v) is 5.28. The maximum atomic E-state index is 12.6. The first-order valence-electron chi connectivity index (χ1n) is 9.78. The molecular formula is C21H26N6O. The molecule has 0 radical (unpaired) electrons. The molecule has 1 aliphatic rings. The summed E-state index contributed by atoms with van der Waals surface area (Å²) in [4.78, 5) is 30.5. The van der Waals surface area contributed by atoms with E-state index in [2.05, 4.69) is 24.8 Å². The Morgan fingerprint density at radius 2 is 1.86 bits per heavy atom. The van der Waals surface area contributed by atoms with Crippen LogP contribution in [0.25, 0.3) is 10.9 Å². The van der Waals surface area contributed by atoms with E-state index in [4.69, 9.17) is 0 Å². The van der Waals surface area contributed by atoms with Crippen molar-refractivity contribution in [1.82, 2.24) is 24.4 Å². The van der Waals surface area contributed by atoms with Crippen molar-refractivity contribution in [2.24, 2.45) is 0 Å². The molecule has 1 aliphatic heterocycles. The van der Waals surface area contributed by atoms with Gasteiger partial charge in [-0.15, -0.1) is 0 Å². The summed E-state index contributed by atoms with van der Waals surface area (Å²) in [6, 6.07) is 8.08. The van der Waals surface area contributed by atoms with Crippen LogP contribution in [0.5, 0.6) is 0 Å². The van der Waals surface area contributed by atoms with E-state index in [0.717, 1.165) is 55.4 Å². The van der Waals surface area contributed by atoms with Crippen molar-refractivity contribution >= 4 is 16.6 Å². The van der Waals surface area contributed by atoms with E-state index >= 15 is 0 Å². The third kappa shape index (κ3) is 3.75. The first kappa shape index (κ1) is 18.6. The molecular weight excluding hydrogens is 352 g/mol. The van der Waals surface area contributed by atoms with Crippen LogP contribution in [-0.4, -0.2) is 50.6 Å². The Labute approximate surface area is 164 Å². The van der Waals surface area contributed by atoms with Crippen LogP contribution in [0.2, 0.25) is 0 Å². The summed E-state index contributed by atoms with van der Waals surface area (Å²) in [5, 5.41) is 0.678. The lowest BCUT2D eigenvalue weighted by atomic mass is 10.2. The zero-order chi connectivity index (χ0) is 19.7. The summed E-state index contributed by atoms with van der Waals surface area (Å²) in [5.74, 6) is 0.816. The van der Waals surface area contributed by atoms with E-state index in [9.17, 15) is 4.79 Å². The number of aryl methyl sites for hydroxylation is 1. The highest BCUT2D eigenvalue weighted by Crippen LogP contribution is 2.21. The standard InChI is InChI=1S/C21H26N6O/c1-15(2)27-14-23-20-12-18(4-5-19(20)21(27)28)26-10-8-25(9-11-26)13-17-6-7-22-16(3)24-17/h4-7,12,14-15H,8-11,13H2,1-3H3. The molecule has 7 heteroatoms. The van der Waals surface area contributed by atoms with E-state index in [1.807, 2.05) is 51.2 Å². The highest BCUT2D eigenvalue weighted by Gasteiger charge is 2.18. The van der Waals surface area contributed by atoms with Gasteiger partial charge in [-0.1, -0.05) is 0 Å². The number of aromatic nitrogens is 4. The average molecular weight is 378 g/mol. The van der Waals surface area contributed by atoms with Crippen LogP contribution in [0.1, 0.15) is 31.4 Å². The van der Waals surface area contributed by atoms with Gasteiger partial charge in [-0.2, -0.15) is 0 Å². The summed E-state index contributed by atoms with van der Waals surface area (Å²) in [5.41, 5.74) is 2.98. The number of anilines is 1. The first-order chi connectivity index (χ1) is 13.5. The Kier molecular flexibility index (Phi) is 5.09. The number of benzene rings is 1. The normalized spacial score (nSPS) is 15.5. The number of rotatable bonds is 4. The lowest BCUT2D eigenvalue weighted by molar-refractivity contribution is 0.247.